The lowest BCUT2D eigenvalue weighted by molar-refractivity contribution is -0.199. The molecule has 3 aliphatic rings. The molecule has 8 nitrogen and oxygen atoms in total. The first kappa shape index (κ1) is 15.4. The third-order valence-corrected chi connectivity index (χ3v) is 4.74. The maximum atomic E-state index is 12.3. The number of azide groups is 1. The van der Waals surface area contributed by atoms with Gasteiger partial charge < -0.3 is 18.9 Å². The Morgan fingerprint density at radius 2 is 2.04 bits per heavy atom. The van der Waals surface area contributed by atoms with Gasteiger partial charge in [0.2, 0.25) is 0 Å². The fourth-order valence-corrected chi connectivity index (χ4v) is 3.60. The monoisotopic (exact) mass is 331 g/mol. The molecule has 24 heavy (non-hydrogen) atoms. The van der Waals surface area contributed by atoms with Crippen molar-refractivity contribution in [2.75, 3.05) is 6.54 Å². The summed E-state index contributed by atoms with van der Waals surface area (Å²) in [6, 6.07) is 8.72. The van der Waals surface area contributed by atoms with Gasteiger partial charge in [0.05, 0.1) is 11.0 Å². The average molecular weight is 331 g/mol. The molecule has 2 heterocycles. The molecular formula is C16H17N3O5. The molecule has 1 aromatic rings. The van der Waals surface area contributed by atoms with Crippen LogP contribution >= 0.6 is 0 Å². The lowest BCUT2D eigenvalue weighted by atomic mass is 9.99. The summed E-state index contributed by atoms with van der Waals surface area (Å²) < 4.78 is 23.1. The van der Waals surface area contributed by atoms with Crippen LogP contribution in [0, 0.1) is 5.41 Å². The van der Waals surface area contributed by atoms with Crippen LogP contribution in [0.1, 0.15) is 24.2 Å². The van der Waals surface area contributed by atoms with Crippen LogP contribution in [0.15, 0.2) is 35.4 Å². The standard InChI is InChI=1S/C16H17N3O5/c1-15(2)23-12-14(24-15)22-11-10(16(11,12)8-18-19-17)21-13(20)9-6-4-3-5-7-9/h3-7,10-12,14H,8H2,1-2H3/t10?,11-,12+,14-,16+/m1/s1. The highest BCUT2D eigenvalue weighted by molar-refractivity contribution is 5.89. The number of carbonyl (C=O) groups excluding carboxylic acids is 1. The van der Waals surface area contributed by atoms with Gasteiger partial charge in [0, 0.05) is 11.5 Å². The zero-order valence-corrected chi connectivity index (χ0v) is 13.3. The Bertz CT molecular complexity index is 718. The number of esters is 1. The largest absolute Gasteiger partial charge is 0.455 e. The fraction of sp³-hybridized carbons (Fsp3) is 0.562. The Kier molecular flexibility index (Phi) is 3.33. The van der Waals surface area contributed by atoms with E-state index in [9.17, 15) is 4.79 Å². The molecule has 2 aliphatic heterocycles. The van der Waals surface area contributed by atoms with Gasteiger partial charge in [0.15, 0.2) is 12.1 Å². The summed E-state index contributed by atoms with van der Waals surface area (Å²) in [6.45, 7) is 3.71. The number of ether oxygens (including phenoxy) is 4. The van der Waals surface area contributed by atoms with E-state index in [1.807, 2.05) is 6.07 Å². The van der Waals surface area contributed by atoms with E-state index in [0.29, 0.717) is 5.56 Å². The summed E-state index contributed by atoms with van der Waals surface area (Å²) >= 11 is 0. The van der Waals surface area contributed by atoms with Gasteiger partial charge >= 0.3 is 5.97 Å². The number of fused-ring (bicyclic) bond motifs is 3. The number of hydrogen-bond acceptors (Lipinski definition) is 6. The molecular weight excluding hydrogens is 314 g/mol. The first-order chi connectivity index (χ1) is 11.5. The quantitative estimate of drug-likeness (QED) is 0.365. The van der Waals surface area contributed by atoms with Gasteiger partial charge in [-0.05, 0) is 31.5 Å². The van der Waals surface area contributed by atoms with E-state index in [4.69, 9.17) is 24.5 Å². The molecule has 0 aromatic heterocycles. The Hall–Kier alpha value is -2.12. The van der Waals surface area contributed by atoms with Crippen molar-refractivity contribution in [1.82, 2.24) is 0 Å². The van der Waals surface area contributed by atoms with Gasteiger partial charge in [-0.2, -0.15) is 0 Å². The van der Waals surface area contributed by atoms with E-state index in [-0.39, 0.29) is 12.6 Å². The second-order valence-electron chi connectivity index (χ2n) is 6.67. The van der Waals surface area contributed by atoms with Crippen molar-refractivity contribution in [3.05, 3.63) is 46.3 Å². The molecule has 0 bridgehead atoms. The molecule has 1 aromatic carbocycles. The highest BCUT2D eigenvalue weighted by Crippen LogP contribution is 2.64. The van der Waals surface area contributed by atoms with E-state index >= 15 is 0 Å². The molecule has 3 fully saturated rings. The molecule has 8 heteroatoms. The van der Waals surface area contributed by atoms with Gasteiger partial charge in [0.25, 0.3) is 0 Å². The maximum absolute atomic E-state index is 12.3. The third-order valence-electron chi connectivity index (χ3n) is 4.74. The summed E-state index contributed by atoms with van der Waals surface area (Å²) in [5, 5.41) is 3.68. The normalized spacial score (nSPS) is 37.9. The van der Waals surface area contributed by atoms with E-state index < -0.39 is 35.7 Å². The van der Waals surface area contributed by atoms with Gasteiger partial charge in [-0.15, -0.1) is 0 Å². The van der Waals surface area contributed by atoms with Gasteiger partial charge in [-0.25, -0.2) is 4.79 Å². The summed E-state index contributed by atoms with van der Waals surface area (Å²) in [5.41, 5.74) is 8.46. The molecule has 0 spiro atoms. The summed E-state index contributed by atoms with van der Waals surface area (Å²) in [6.07, 6.45) is -1.88. The van der Waals surface area contributed by atoms with Crippen molar-refractivity contribution in [3.63, 3.8) is 0 Å². The first-order valence-electron chi connectivity index (χ1n) is 7.76. The lowest BCUT2D eigenvalue weighted by Crippen LogP contribution is -2.35. The molecule has 0 N–H and O–H groups in total. The Balaban J connectivity index is 1.55. The number of hydrogen-bond donors (Lipinski definition) is 0. The van der Waals surface area contributed by atoms with Gasteiger partial charge in [-0.1, -0.05) is 23.3 Å². The van der Waals surface area contributed by atoms with Crippen LogP contribution in [0.5, 0.6) is 0 Å². The van der Waals surface area contributed by atoms with Crippen LogP contribution in [0.4, 0.5) is 0 Å². The molecule has 1 unspecified atom stereocenters. The predicted molar refractivity (Wildman–Crippen MR) is 80.8 cm³/mol. The number of nitrogens with zero attached hydrogens (tertiary/aromatic N) is 3. The molecule has 0 radical (unpaired) electrons. The Morgan fingerprint density at radius 3 is 2.75 bits per heavy atom. The van der Waals surface area contributed by atoms with Crippen LogP contribution in [0.3, 0.4) is 0 Å². The van der Waals surface area contributed by atoms with Crippen molar-refractivity contribution < 1.29 is 23.7 Å². The van der Waals surface area contributed by atoms with E-state index in [1.54, 1.807) is 38.1 Å². The molecule has 1 aliphatic carbocycles. The summed E-state index contributed by atoms with van der Waals surface area (Å²) in [7, 11) is 0. The minimum Gasteiger partial charge on any atom is -0.455 e. The maximum Gasteiger partial charge on any atom is 0.338 e. The van der Waals surface area contributed by atoms with Crippen LogP contribution in [-0.4, -0.2) is 42.9 Å². The number of rotatable bonds is 4. The fourth-order valence-electron chi connectivity index (χ4n) is 3.60. The van der Waals surface area contributed by atoms with Crippen LogP contribution < -0.4 is 0 Å². The van der Waals surface area contributed by atoms with Gasteiger partial charge in [0.1, 0.15) is 18.3 Å². The predicted octanol–water partition coefficient (Wildman–Crippen LogP) is 2.40. The van der Waals surface area contributed by atoms with Crippen molar-refractivity contribution in [1.29, 1.82) is 0 Å². The third kappa shape index (κ3) is 2.19. The SMILES string of the molecule is CC1(C)O[C@H]2O[C@@H]3C(OC(=O)c4ccccc4)[C@]3(CN=[N+]=[N-])[C@H]2O1. The van der Waals surface area contributed by atoms with E-state index in [2.05, 4.69) is 10.0 Å². The van der Waals surface area contributed by atoms with E-state index in [1.165, 1.54) is 0 Å². The number of carbonyl (C=O) groups is 1. The second-order valence-corrected chi connectivity index (χ2v) is 6.67. The molecule has 4 rings (SSSR count). The van der Waals surface area contributed by atoms with Crippen LogP contribution in [0.2, 0.25) is 0 Å². The average Bonchev–Trinajstić information content (AvgIpc) is 2.84. The van der Waals surface area contributed by atoms with Crippen molar-refractivity contribution in [3.8, 4) is 0 Å². The van der Waals surface area contributed by atoms with E-state index in [0.717, 1.165) is 0 Å². The lowest BCUT2D eigenvalue weighted by Gasteiger charge is -2.21. The zero-order valence-electron chi connectivity index (χ0n) is 13.3. The van der Waals surface area contributed by atoms with Gasteiger partial charge in [-0.3, -0.25) is 0 Å². The van der Waals surface area contributed by atoms with Crippen molar-refractivity contribution in [2.45, 2.75) is 44.2 Å². The molecule has 1 saturated carbocycles. The smallest absolute Gasteiger partial charge is 0.338 e. The molecule has 0 amide bonds. The van der Waals surface area contributed by atoms with Crippen LogP contribution in [-0.2, 0) is 18.9 Å². The van der Waals surface area contributed by atoms with Crippen molar-refractivity contribution in [2.24, 2.45) is 10.5 Å². The molecule has 2 saturated heterocycles. The highest BCUT2D eigenvalue weighted by Gasteiger charge is 2.81. The minimum absolute atomic E-state index is 0.126. The second kappa shape index (κ2) is 5.19. The zero-order chi connectivity index (χ0) is 16.9. The highest BCUT2D eigenvalue weighted by atomic mass is 16.8. The number of benzene rings is 1. The Morgan fingerprint density at radius 1 is 1.29 bits per heavy atom. The topological polar surface area (TPSA) is 103 Å². The minimum atomic E-state index is -0.791. The summed E-state index contributed by atoms with van der Waals surface area (Å²) in [4.78, 5) is 15.1. The molecule has 5 atom stereocenters. The summed E-state index contributed by atoms with van der Waals surface area (Å²) in [5.74, 6) is -1.23. The molecule has 126 valence electrons. The first-order valence-corrected chi connectivity index (χ1v) is 7.76. The Labute approximate surface area is 138 Å². The van der Waals surface area contributed by atoms with Crippen LogP contribution in [0.25, 0.3) is 10.4 Å². The van der Waals surface area contributed by atoms with Crippen molar-refractivity contribution >= 4 is 5.97 Å².